The number of H-pyrrole nitrogens is 1. The Balaban J connectivity index is 2.38. The van der Waals surface area contributed by atoms with Crippen LogP contribution in [0.3, 0.4) is 0 Å². The molecule has 0 unspecified atom stereocenters. The van der Waals surface area contributed by atoms with Crippen molar-refractivity contribution < 1.29 is 5.11 Å². The van der Waals surface area contributed by atoms with Crippen molar-refractivity contribution in [2.24, 2.45) is 0 Å². The van der Waals surface area contributed by atoms with Crippen LogP contribution in [-0.4, -0.2) is 10.1 Å². The van der Waals surface area contributed by atoms with Gasteiger partial charge in [-0.3, -0.25) is 0 Å². The lowest BCUT2D eigenvalue weighted by atomic mass is 10.0. The second-order valence-electron chi connectivity index (χ2n) is 3.87. The van der Waals surface area contributed by atoms with E-state index in [2.05, 4.69) is 4.98 Å². The number of fused-ring (bicyclic) bond motifs is 1. The molecule has 17 heavy (non-hydrogen) atoms. The quantitative estimate of drug-likeness (QED) is 0.660. The molecule has 1 aromatic heterocycles. The molecule has 0 saturated carbocycles. The fourth-order valence-corrected chi connectivity index (χ4v) is 2.29. The minimum absolute atomic E-state index is 0.152. The van der Waals surface area contributed by atoms with E-state index in [1.165, 1.54) is 0 Å². The van der Waals surface area contributed by atoms with Gasteiger partial charge in [-0.05, 0) is 12.1 Å². The van der Waals surface area contributed by atoms with E-state index in [4.69, 9.17) is 11.6 Å². The Bertz CT molecular complexity index is 688. The number of benzene rings is 2. The van der Waals surface area contributed by atoms with E-state index < -0.39 is 0 Å². The molecule has 0 aliphatic heterocycles. The smallest absolute Gasteiger partial charge is 0.197 e. The maximum atomic E-state index is 10.00. The van der Waals surface area contributed by atoms with Crippen LogP contribution in [0.1, 0.15) is 0 Å². The molecule has 0 aliphatic rings. The summed E-state index contributed by atoms with van der Waals surface area (Å²) in [5.74, 6) is 0.152. The first-order valence-corrected chi connectivity index (χ1v) is 5.70. The van der Waals surface area contributed by atoms with E-state index in [-0.39, 0.29) is 5.88 Å². The summed E-state index contributed by atoms with van der Waals surface area (Å²) in [7, 11) is 0. The molecule has 3 heteroatoms. The van der Waals surface area contributed by atoms with Crippen molar-refractivity contribution in [1.82, 2.24) is 4.98 Å². The summed E-state index contributed by atoms with van der Waals surface area (Å²) < 4.78 is 0. The van der Waals surface area contributed by atoms with Crippen LogP contribution in [0.25, 0.3) is 22.0 Å². The largest absolute Gasteiger partial charge is 0.494 e. The molecule has 0 bridgehead atoms. The first-order valence-electron chi connectivity index (χ1n) is 5.32. The molecular weight excluding hydrogens is 234 g/mol. The molecule has 0 aliphatic carbocycles. The maximum Gasteiger partial charge on any atom is 0.197 e. The van der Waals surface area contributed by atoms with E-state index in [9.17, 15) is 5.11 Å². The molecule has 2 aromatic carbocycles. The molecule has 1 heterocycles. The van der Waals surface area contributed by atoms with Crippen molar-refractivity contribution >= 4 is 22.5 Å². The standard InChI is InChI=1S/C14H10ClNO/c15-11-7-3-1-5-9(11)13-10-6-2-4-8-12(10)16-14(13)17/h1-8,16-17H. The van der Waals surface area contributed by atoms with E-state index in [0.717, 1.165) is 22.0 Å². The molecule has 0 fully saturated rings. The highest BCUT2D eigenvalue weighted by atomic mass is 35.5. The Kier molecular flexibility index (Phi) is 2.30. The average Bonchev–Trinajstić information content (AvgIpc) is 2.66. The lowest BCUT2D eigenvalue weighted by Crippen LogP contribution is -1.77. The van der Waals surface area contributed by atoms with Gasteiger partial charge in [-0.15, -0.1) is 0 Å². The molecule has 0 amide bonds. The van der Waals surface area contributed by atoms with Crippen molar-refractivity contribution in [1.29, 1.82) is 0 Å². The van der Waals surface area contributed by atoms with Gasteiger partial charge in [0.25, 0.3) is 0 Å². The number of hydrogen-bond donors (Lipinski definition) is 2. The Hall–Kier alpha value is -1.93. The molecular formula is C14H10ClNO. The Morgan fingerprint density at radius 2 is 1.65 bits per heavy atom. The first kappa shape index (κ1) is 10.2. The van der Waals surface area contributed by atoms with Crippen molar-refractivity contribution in [2.75, 3.05) is 0 Å². The van der Waals surface area contributed by atoms with Crippen molar-refractivity contribution in [3.63, 3.8) is 0 Å². The molecule has 2 nitrogen and oxygen atoms in total. The Morgan fingerprint density at radius 3 is 2.47 bits per heavy atom. The summed E-state index contributed by atoms with van der Waals surface area (Å²) in [4.78, 5) is 2.95. The van der Waals surface area contributed by atoms with Gasteiger partial charge >= 0.3 is 0 Å². The monoisotopic (exact) mass is 243 g/mol. The zero-order valence-corrected chi connectivity index (χ0v) is 9.70. The SMILES string of the molecule is Oc1[nH]c2ccccc2c1-c1ccccc1Cl. The number of halogens is 1. The van der Waals surface area contributed by atoms with Crippen LogP contribution < -0.4 is 0 Å². The highest BCUT2D eigenvalue weighted by Crippen LogP contribution is 2.39. The zero-order valence-electron chi connectivity index (χ0n) is 8.94. The highest BCUT2D eigenvalue weighted by molar-refractivity contribution is 6.33. The topological polar surface area (TPSA) is 36.0 Å². The highest BCUT2D eigenvalue weighted by Gasteiger charge is 2.14. The van der Waals surface area contributed by atoms with Gasteiger partial charge in [0, 0.05) is 21.5 Å². The molecule has 0 atom stereocenters. The fourth-order valence-electron chi connectivity index (χ4n) is 2.06. The van der Waals surface area contributed by atoms with Gasteiger partial charge in [0.1, 0.15) is 0 Å². The number of rotatable bonds is 1. The van der Waals surface area contributed by atoms with Gasteiger partial charge in [0.05, 0.1) is 5.56 Å². The number of para-hydroxylation sites is 1. The third kappa shape index (κ3) is 1.58. The molecule has 0 spiro atoms. The van der Waals surface area contributed by atoms with Crippen molar-refractivity contribution in [2.45, 2.75) is 0 Å². The van der Waals surface area contributed by atoms with E-state index in [1.54, 1.807) is 0 Å². The van der Waals surface area contributed by atoms with Crippen LogP contribution in [0.4, 0.5) is 0 Å². The van der Waals surface area contributed by atoms with Crippen LogP contribution in [0, 0.1) is 0 Å². The summed E-state index contributed by atoms with van der Waals surface area (Å²) in [6.45, 7) is 0. The van der Waals surface area contributed by atoms with Crippen LogP contribution >= 0.6 is 11.6 Å². The lowest BCUT2D eigenvalue weighted by molar-refractivity contribution is 0.460. The summed E-state index contributed by atoms with van der Waals surface area (Å²) in [6.07, 6.45) is 0. The third-order valence-corrected chi connectivity index (χ3v) is 3.16. The Labute approximate surface area is 103 Å². The van der Waals surface area contributed by atoms with Gasteiger partial charge in [-0.2, -0.15) is 0 Å². The van der Waals surface area contributed by atoms with Gasteiger partial charge in [-0.1, -0.05) is 48.0 Å². The van der Waals surface area contributed by atoms with Gasteiger partial charge in [-0.25, -0.2) is 0 Å². The maximum absolute atomic E-state index is 10.00. The third-order valence-electron chi connectivity index (χ3n) is 2.83. The molecule has 0 radical (unpaired) electrons. The van der Waals surface area contributed by atoms with Crippen LogP contribution in [-0.2, 0) is 0 Å². The van der Waals surface area contributed by atoms with Crippen molar-refractivity contribution in [3.8, 4) is 17.0 Å². The average molecular weight is 244 g/mol. The molecule has 0 saturated heterocycles. The number of nitrogens with one attached hydrogen (secondary N) is 1. The Morgan fingerprint density at radius 1 is 0.941 bits per heavy atom. The second kappa shape index (κ2) is 3.82. The summed E-state index contributed by atoms with van der Waals surface area (Å²) in [5, 5.41) is 11.6. The molecule has 2 N–H and O–H groups in total. The number of aromatic hydroxyl groups is 1. The minimum atomic E-state index is 0.152. The van der Waals surface area contributed by atoms with E-state index in [1.807, 2.05) is 48.5 Å². The minimum Gasteiger partial charge on any atom is -0.494 e. The van der Waals surface area contributed by atoms with E-state index >= 15 is 0 Å². The second-order valence-corrected chi connectivity index (χ2v) is 4.28. The summed E-state index contributed by atoms with van der Waals surface area (Å²) in [5.41, 5.74) is 2.50. The predicted molar refractivity (Wildman–Crippen MR) is 70.4 cm³/mol. The number of aromatic nitrogens is 1. The van der Waals surface area contributed by atoms with Crippen LogP contribution in [0.2, 0.25) is 5.02 Å². The number of hydrogen-bond acceptors (Lipinski definition) is 1. The molecule has 84 valence electrons. The lowest BCUT2D eigenvalue weighted by Gasteiger charge is -2.03. The van der Waals surface area contributed by atoms with Crippen LogP contribution in [0.5, 0.6) is 5.88 Å². The predicted octanol–water partition coefficient (Wildman–Crippen LogP) is 4.19. The summed E-state index contributed by atoms with van der Waals surface area (Å²) >= 11 is 6.16. The zero-order chi connectivity index (χ0) is 11.8. The fraction of sp³-hybridized carbons (Fsp3) is 0. The molecule has 3 rings (SSSR count). The van der Waals surface area contributed by atoms with Gasteiger partial charge in [0.15, 0.2) is 5.88 Å². The molecule has 3 aromatic rings. The van der Waals surface area contributed by atoms with Gasteiger partial charge < -0.3 is 10.1 Å². The normalized spacial score (nSPS) is 10.9. The summed E-state index contributed by atoms with van der Waals surface area (Å²) in [6, 6.07) is 15.3. The first-order chi connectivity index (χ1) is 8.27. The van der Waals surface area contributed by atoms with E-state index in [0.29, 0.717) is 5.02 Å². The van der Waals surface area contributed by atoms with Crippen molar-refractivity contribution in [3.05, 3.63) is 53.6 Å². The van der Waals surface area contributed by atoms with Crippen LogP contribution in [0.15, 0.2) is 48.5 Å². The number of aromatic amines is 1. The van der Waals surface area contributed by atoms with Gasteiger partial charge in [0.2, 0.25) is 0 Å².